The standard InChI is InChI=1S/C17H19N3O2/c1-13(21)20-11-7-14(8-12-20)16-17(19-10-9-18-16)22-15-5-3-2-4-6-15/h2-6,9-10,14H,7-8,11-12H2,1H3. The summed E-state index contributed by atoms with van der Waals surface area (Å²) in [5, 5.41) is 0. The first-order valence-corrected chi connectivity index (χ1v) is 7.53. The number of hydrogen-bond donors (Lipinski definition) is 0. The molecule has 1 aromatic carbocycles. The van der Waals surface area contributed by atoms with Gasteiger partial charge in [-0.25, -0.2) is 4.98 Å². The molecule has 0 atom stereocenters. The maximum absolute atomic E-state index is 11.4. The molecule has 114 valence electrons. The van der Waals surface area contributed by atoms with Gasteiger partial charge in [-0.1, -0.05) is 18.2 Å². The highest BCUT2D eigenvalue weighted by Gasteiger charge is 2.26. The third-order valence-corrected chi connectivity index (χ3v) is 3.98. The van der Waals surface area contributed by atoms with Crippen molar-refractivity contribution in [2.75, 3.05) is 13.1 Å². The number of carbonyl (C=O) groups is 1. The maximum atomic E-state index is 11.4. The number of benzene rings is 1. The summed E-state index contributed by atoms with van der Waals surface area (Å²) < 4.78 is 5.88. The van der Waals surface area contributed by atoms with Gasteiger partial charge in [0.1, 0.15) is 11.4 Å². The number of ether oxygens (including phenoxy) is 1. The molecule has 1 aliphatic heterocycles. The number of nitrogens with zero attached hydrogens (tertiary/aromatic N) is 3. The van der Waals surface area contributed by atoms with Gasteiger partial charge in [0.05, 0.1) is 0 Å². The summed E-state index contributed by atoms with van der Waals surface area (Å²) in [5.41, 5.74) is 0.884. The minimum Gasteiger partial charge on any atom is -0.437 e. The molecule has 0 aliphatic carbocycles. The maximum Gasteiger partial charge on any atom is 0.241 e. The van der Waals surface area contributed by atoms with Crippen molar-refractivity contribution >= 4 is 5.91 Å². The van der Waals surface area contributed by atoms with Crippen LogP contribution in [0.1, 0.15) is 31.4 Å². The van der Waals surface area contributed by atoms with Crippen LogP contribution in [0.3, 0.4) is 0 Å². The molecule has 0 saturated carbocycles. The SMILES string of the molecule is CC(=O)N1CCC(c2nccnc2Oc2ccccc2)CC1. The fourth-order valence-corrected chi connectivity index (χ4v) is 2.76. The fourth-order valence-electron chi connectivity index (χ4n) is 2.76. The largest absolute Gasteiger partial charge is 0.437 e. The molecule has 0 N–H and O–H groups in total. The van der Waals surface area contributed by atoms with Gasteiger partial charge in [0.2, 0.25) is 11.8 Å². The first-order valence-electron chi connectivity index (χ1n) is 7.53. The highest BCUT2D eigenvalue weighted by atomic mass is 16.5. The van der Waals surface area contributed by atoms with E-state index in [1.807, 2.05) is 35.2 Å². The van der Waals surface area contributed by atoms with Gasteiger partial charge in [-0.05, 0) is 25.0 Å². The van der Waals surface area contributed by atoms with Gasteiger partial charge in [-0.3, -0.25) is 9.78 Å². The van der Waals surface area contributed by atoms with E-state index in [0.29, 0.717) is 5.88 Å². The molecule has 2 heterocycles. The van der Waals surface area contributed by atoms with Gasteiger partial charge < -0.3 is 9.64 Å². The normalized spacial score (nSPS) is 15.6. The predicted molar refractivity (Wildman–Crippen MR) is 82.8 cm³/mol. The molecular weight excluding hydrogens is 278 g/mol. The van der Waals surface area contributed by atoms with E-state index in [1.54, 1.807) is 19.3 Å². The Hall–Kier alpha value is -2.43. The topological polar surface area (TPSA) is 55.3 Å². The first-order chi connectivity index (χ1) is 10.7. The molecule has 1 aromatic heterocycles. The molecule has 1 fully saturated rings. The average molecular weight is 297 g/mol. The summed E-state index contributed by atoms with van der Waals surface area (Å²) in [4.78, 5) is 22.1. The molecule has 1 saturated heterocycles. The Morgan fingerprint density at radius 1 is 1.14 bits per heavy atom. The van der Waals surface area contributed by atoms with Crippen molar-refractivity contribution in [1.29, 1.82) is 0 Å². The van der Waals surface area contributed by atoms with Crippen LogP contribution in [0.4, 0.5) is 0 Å². The number of amides is 1. The zero-order valence-corrected chi connectivity index (χ0v) is 12.6. The smallest absolute Gasteiger partial charge is 0.241 e. The highest BCUT2D eigenvalue weighted by molar-refractivity contribution is 5.73. The van der Waals surface area contributed by atoms with E-state index in [4.69, 9.17) is 4.74 Å². The highest BCUT2D eigenvalue weighted by Crippen LogP contribution is 2.33. The van der Waals surface area contributed by atoms with Crippen molar-refractivity contribution in [3.05, 3.63) is 48.4 Å². The van der Waals surface area contributed by atoms with Gasteiger partial charge >= 0.3 is 0 Å². The van der Waals surface area contributed by atoms with Crippen LogP contribution in [0.25, 0.3) is 0 Å². The van der Waals surface area contributed by atoms with Crippen LogP contribution in [0.2, 0.25) is 0 Å². The van der Waals surface area contributed by atoms with E-state index in [9.17, 15) is 4.79 Å². The van der Waals surface area contributed by atoms with E-state index < -0.39 is 0 Å². The molecule has 0 bridgehead atoms. The second-order valence-electron chi connectivity index (χ2n) is 5.44. The van der Waals surface area contributed by atoms with Gasteiger partial charge in [-0.2, -0.15) is 0 Å². The number of likely N-dealkylation sites (tertiary alicyclic amines) is 1. The Morgan fingerprint density at radius 3 is 2.50 bits per heavy atom. The summed E-state index contributed by atoms with van der Waals surface area (Å²) in [6, 6.07) is 9.60. The summed E-state index contributed by atoms with van der Waals surface area (Å²) >= 11 is 0. The number of piperidine rings is 1. The second-order valence-corrected chi connectivity index (χ2v) is 5.44. The van der Waals surface area contributed by atoms with E-state index in [0.717, 1.165) is 37.4 Å². The monoisotopic (exact) mass is 297 g/mol. The van der Waals surface area contributed by atoms with E-state index in [-0.39, 0.29) is 11.8 Å². The van der Waals surface area contributed by atoms with Crippen molar-refractivity contribution in [1.82, 2.24) is 14.9 Å². The molecule has 1 aliphatic rings. The van der Waals surface area contributed by atoms with E-state index >= 15 is 0 Å². The van der Waals surface area contributed by atoms with Crippen molar-refractivity contribution in [3.8, 4) is 11.6 Å². The third-order valence-electron chi connectivity index (χ3n) is 3.98. The van der Waals surface area contributed by atoms with Crippen LogP contribution >= 0.6 is 0 Å². The third kappa shape index (κ3) is 3.24. The second kappa shape index (κ2) is 6.56. The summed E-state index contributed by atoms with van der Waals surface area (Å²) in [5.74, 6) is 1.74. The van der Waals surface area contributed by atoms with Crippen LogP contribution in [0.15, 0.2) is 42.7 Å². The van der Waals surface area contributed by atoms with Crippen LogP contribution in [0.5, 0.6) is 11.6 Å². The zero-order valence-electron chi connectivity index (χ0n) is 12.6. The summed E-state index contributed by atoms with van der Waals surface area (Å²) in [7, 11) is 0. The van der Waals surface area contributed by atoms with E-state index in [2.05, 4.69) is 9.97 Å². The number of carbonyl (C=O) groups excluding carboxylic acids is 1. The van der Waals surface area contributed by atoms with Crippen LogP contribution in [0, 0.1) is 0 Å². The molecule has 22 heavy (non-hydrogen) atoms. The molecule has 2 aromatic rings. The van der Waals surface area contributed by atoms with Crippen molar-refractivity contribution in [3.63, 3.8) is 0 Å². The van der Waals surface area contributed by atoms with Crippen LogP contribution < -0.4 is 4.74 Å². The predicted octanol–water partition coefficient (Wildman–Crippen LogP) is 2.99. The molecule has 0 spiro atoms. The lowest BCUT2D eigenvalue weighted by atomic mass is 9.93. The molecule has 1 amide bonds. The minimum absolute atomic E-state index is 0.137. The quantitative estimate of drug-likeness (QED) is 0.874. The molecular formula is C17H19N3O2. The van der Waals surface area contributed by atoms with Gasteiger partial charge in [0, 0.05) is 38.3 Å². The Bertz CT molecular complexity index is 637. The Labute approximate surface area is 130 Å². The lowest BCUT2D eigenvalue weighted by Gasteiger charge is -2.31. The van der Waals surface area contributed by atoms with Crippen molar-refractivity contribution in [2.24, 2.45) is 0 Å². The first kappa shape index (κ1) is 14.5. The molecule has 0 radical (unpaired) electrons. The van der Waals surface area contributed by atoms with Crippen molar-refractivity contribution in [2.45, 2.75) is 25.7 Å². The number of hydrogen-bond acceptors (Lipinski definition) is 4. The summed E-state index contributed by atoms with van der Waals surface area (Å²) in [6.07, 6.45) is 5.13. The van der Waals surface area contributed by atoms with E-state index in [1.165, 1.54) is 0 Å². The lowest BCUT2D eigenvalue weighted by molar-refractivity contribution is -0.129. The Balaban J connectivity index is 1.76. The number of rotatable bonds is 3. The average Bonchev–Trinajstić information content (AvgIpc) is 2.56. The van der Waals surface area contributed by atoms with Crippen LogP contribution in [-0.4, -0.2) is 33.9 Å². The van der Waals surface area contributed by atoms with Crippen LogP contribution in [-0.2, 0) is 4.79 Å². The molecule has 3 rings (SSSR count). The Kier molecular flexibility index (Phi) is 4.32. The molecule has 0 unspecified atom stereocenters. The van der Waals surface area contributed by atoms with Gasteiger partial charge in [0.15, 0.2) is 0 Å². The van der Waals surface area contributed by atoms with Gasteiger partial charge in [0.25, 0.3) is 0 Å². The minimum atomic E-state index is 0.137. The number of aromatic nitrogens is 2. The fraction of sp³-hybridized carbons (Fsp3) is 0.353. The molecule has 5 nitrogen and oxygen atoms in total. The molecule has 5 heteroatoms. The zero-order chi connectivity index (χ0) is 15.4. The lowest BCUT2D eigenvalue weighted by Crippen LogP contribution is -2.36. The summed E-state index contributed by atoms with van der Waals surface area (Å²) in [6.45, 7) is 3.15. The van der Waals surface area contributed by atoms with Gasteiger partial charge in [-0.15, -0.1) is 0 Å². The van der Waals surface area contributed by atoms with Crippen molar-refractivity contribution < 1.29 is 9.53 Å². The number of para-hydroxylation sites is 1. The Morgan fingerprint density at radius 2 is 1.82 bits per heavy atom.